The summed E-state index contributed by atoms with van der Waals surface area (Å²) >= 11 is 0. The molecule has 1 aromatic rings. The fourth-order valence-corrected chi connectivity index (χ4v) is 3.39. The number of urea groups is 1. The predicted octanol–water partition coefficient (Wildman–Crippen LogP) is 3.39. The van der Waals surface area contributed by atoms with E-state index in [2.05, 4.69) is 29.3 Å². The maximum atomic E-state index is 12.6. The zero-order valence-electron chi connectivity index (χ0n) is 15.6. The fourth-order valence-electron chi connectivity index (χ4n) is 3.39. The third kappa shape index (κ3) is 3.83. The number of nitrogens with zero attached hydrogens (tertiary/aromatic N) is 2. The summed E-state index contributed by atoms with van der Waals surface area (Å²) in [5, 5.41) is 12.7. The number of piperidine rings is 1. The summed E-state index contributed by atoms with van der Waals surface area (Å²) in [7, 11) is 4.03. The van der Waals surface area contributed by atoms with E-state index in [4.69, 9.17) is 0 Å². The second-order valence-electron chi connectivity index (χ2n) is 7.28. The van der Waals surface area contributed by atoms with Crippen LogP contribution in [0.3, 0.4) is 0 Å². The Morgan fingerprint density at radius 3 is 2.21 bits per heavy atom. The molecule has 1 aromatic carbocycles. The second-order valence-corrected chi connectivity index (χ2v) is 7.28. The summed E-state index contributed by atoms with van der Waals surface area (Å²) in [4.78, 5) is 16.5. The molecule has 24 heavy (non-hydrogen) atoms. The minimum Gasteiger partial charge on any atom is -0.396 e. The quantitative estimate of drug-likeness (QED) is 0.888. The van der Waals surface area contributed by atoms with Gasteiger partial charge in [-0.1, -0.05) is 6.92 Å². The molecule has 0 atom stereocenters. The minimum absolute atomic E-state index is 0.00400. The average molecular weight is 333 g/mol. The van der Waals surface area contributed by atoms with Crippen LogP contribution < -0.4 is 10.2 Å². The van der Waals surface area contributed by atoms with Crippen LogP contribution in [0.25, 0.3) is 0 Å². The van der Waals surface area contributed by atoms with Crippen molar-refractivity contribution >= 4 is 17.4 Å². The van der Waals surface area contributed by atoms with Crippen molar-refractivity contribution in [3.63, 3.8) is 0 Å². The van der Waals surface area contributed by atoms with Gasteiger partial charge in [0, 0.05) is 45.2 Å². The summed E-state index contributed by atoms with van der Waals surface area (Å²) in [5.74, 6) is 0. The molecule has 2 amide bonds. The molecular formula is C19H31N3O2. The number of hydrogen-bond acceptors (Lipinski definition) is 3. The van der Waals surface area contributed by atoms with Crippen molar-refractivity contribution in [3.05, 3.63) is 23.3 Å². The van der Waals surface area contributed by atoms with Crippen molar-refractivity contribution in [3.8, 4) is 0 Å². The summed E-state index contributed by atoms with van der Waals surface area (Å²) in [5.41, 5.74) is 4.18. The molecule has 1 aliphatic heterocycles. The van der Waals surface area contributed by atoms with E-state index in [1.54, 1.807) is 0 Å². The monoisotopic (exact) mass is 333 g/mol. The van der Waals surface area contributed by atoms with Gasteiger partial charge in [0.2, 0.25) is 0 Å². The number of carbonyl (C=O) groups is 1. The molecule has 5 nitrogen and oxygen atoms in total. The van der Waals surface area contributed by atoms with Gasteiger partial charge in [0.15, 0.2) is 0 Å². The van der Waals surface area contributed by atoms with Crippen molar-refractivity contribution in [2.45, 2.75) is 40.0 Å². The number of amides is 2. The Labute approximate surface area is 145 Å². The maximum Gasteiger partial charge on any atom is 0.321 e. The van der Waals surface area contributed by atoms with E-state index in [0.29, 0.717) is 13.1 Å². The lowest BCUT2D eigenvalue weighted by molar-refractivity contribution is 0.0542. The Bertz CT molecular complexity index is 561. The molecule has 5 heteroatoms. The van der Waals surface area contributed by atoms with Gasteiger partial charge in [0.25, 0.3) is 0 Å². The van der Waals surface area contributed by atoms with Gasteiger partial charge in [-0.15, -0.1) is 0 Å². The largest absolute Gasteiger partial charge is 0.396 e. The van der Waals surface area contributed by atoms with Gasteiger partial charge in [-0.25, -0.2) is 4.79 Å². The summed E-state index contributed by atoms with van der Waals surface area (Å²) in [6, 6.07) is 4.14. The van der Waals surface area contributed by atoms with Gasteiger partial charge in [-0.3, -0.25) is 0 Å². The van der Waals surface area contributed by atoms with E-state index < -0.39 is 0 Å². The number of likely N-dealkylation sites (tertiary alicyclic amines) is 1. The highest BCUT2D eigenvalue weighted by molar-refractivity contribution is 5.91. The molecular weight excluding hydrogens is 302 g/mol. The molecule has 1 fully saturated rings. The third-order valence-electron chi connectivity index (χ3n) is 5.46. The van der Waals surface area contributed by atoms with Crippen LogP contribution in [0.2, 0.25) is 0 Å². The topological polar surface area (TPSA) is 55.8 Å². The highest BCUT2D eigenvalue weighted by Crippen LogP contribution is 2.34. The standard InChI is InChI=1S/C19H31N3O2/c1-6-19(13-23)7-9-22(10-8-19)18(24)20-17-14(2)11-16(21(4)5)12-15(17)3/h11-12,23H,6-10,13H2,1-5H3,(H,20,24). The molecule has 0 unspecified atom stereocenters. The lowest BCUT2D eigenvalue weighted by atomic mass is 9.77. The summed E-state index contributed by atoms with van der Waals surface area (Å²) in [6.07, 6.45) is 2.69. The van der Waals surface area contributed by atoms with Crippen molar-refractivity contribution in [1.29, 1.82) is 0 Å². The van der Waals surface area contributed by atoms with E-state index in [-0.39, 0.29) is 18.1 Å². The first kappa shape index (κ1) is 18.6. The van der Waals surface area contributed by atoms with Crippen LogP contribution in [0.5, 0.6) is 0 Å². The predicted molar refractivity (Wildman–Crippen MR) is 99.9 cm³/mol. The molecule has 0 spiro atoms. The zero-order chi connectivity index (χ0) is 17.9. The van der Waals surface area contributed by atoms with Crippen molar-refractivity contribution in [2.75, 3.05) is 44.0 Å². The van der Waals surface area contributed by atoms with E-state index in [1.807, 2.05) is 32.8 Å². The smallest absolute Gasteiger partial charge is 0.321 e. The Hall–Kier alpha value is -1.75. The first-order chi connectivity index (χ1) is 11.3. The highest BCUT2D eigenvalue weighted by Gasteiger charge is 2.34. The Balaban J connectivity index is 2.06. The Morgan fingerprint density at radius 1 is 1.25 bits per heavy atom. The number of aliphatic hydroxyl groups is 1. The van der Waals surface area contributed by atoms with Crippen LogP contribution in [0.15, 0.2) is 12.1 Å². The van der Waals surface area contributed by atoms with E-state index >= 15 is 0 Å². The molecule has 0 radical (unpaired) electrons. The highest BCUT2D eigenvalue weighted by atomic mass is 16.3. The van der Waals surface area contributed by atoms with Crippen LogP contribution in [-0.2, 0) is 0 Å². The van der Waals surface area contributed by atoms with Gasteiger partial charge in [-0.2, -0.15) is 0 Å². The van der Waals surface area contributed by atoms with Gasteiger partial charge < -0.3 is 20.2 Å². The summed E-state index contributed by atoms with van der Waals surface area (Å²) < 4.78 is 0. The number of aliphatic hydroxyl groups excluding tert-OH is 1. The fraction of sp³-hybridized carbons (Fsp3) is 0.632. The van der Waals surface area contributed by atoms with E-state index in [1.165, 1.54) is 0 Å². The number of carbonyl (C=O) groups excluding carboxylic acids is 1. The maximum absolute atomic E-state index is 12.6. The summed E-state index contributed by atoms with van der Waals surface area (Å²) in [6.45, 7) is 7.79. The van der Waals surface area contributed by atoms with E-state index in [0.717, 1.165) is 41.8 Å². The van der Waals surface area contributed by atoms with Gasteiger partial charge in [-0.05, 0) is 61.8 Å². The normalized spacial score (nSPS) is 16.8. The van der Waals surface area contributed by atoms with Crippen LogP contribution in [-0.4, -0.2) is 49.8 Å². The lowest BCUT2D eigenvalue weighted by Gasteiger charge is -2.40. The van der Waals surface area contributed by atoms with Crippen molar-refractivity contribution in [2.24, 2.45) is 5.41 Å². The Morgan fingerprint density at radius 2 is 1.79 bits per heavy atom. The molecule has 1 aliphatic rings. The second kappa shape index (κ2) is 7.43. The number of rotatable bonds is 4. The van der Waals surface area contributed by atoms with Crippen LogP contribution in [0, 0.1) is 19.3 Å². The lowest BCUT2D eigenvalue weighted by Crippen LogP contribution is -2.46. The molecule has 134 valence electrons. The van der Waals surface area contributed by atoms with Crippen LogP contribution in [0.1, 0.15) is 37.3 Å². The number of hydrogen-bond donors (Lipinski definition) is 2. The first-order valence-corrected chi connectivity index (χ1v) is 8.77. The van der Waals surface area contributed by atoms with Crippen molar-refractivity contribution in [1.82, 2.24) is 4.90 Å². The molecule has 1 saturated heterocycles. The van der Waals surface area contributed by atoms with Crippen molar-refractivity contribution < 1.29 is 9.90 Å². The number of anilines is 2. The minimum atomic E-state index is -0.0403. The van der Waals surface area contributed by atoms with Gasteiger partial charge in [0.1, 0.15) is 0 Å². The van der Waals surface area contributed by atoms with Crippen LogP contribution in [0.4, 0.5) is 16.2 Å². The molecule has 2 rings (SSSR count). The number of aryl methyl sites for hydroxylation is 2. The number of benzene rings is 1. The van der Waals surface area contributed by atoms with E-state index in [9.17, 15) is 9.90 Å². The molecule has 0 saturated carbocycles. The molecule has 0 aromatic heterocycles. The average Bonchev–Trinajstić information content (AvgIpc) is 2.57. The van der Waals surface area contributed by atoms with Gasteiger partial charge in [0.05, 0.1) is 0 Å². The SMILES string of the molecule is CCC1(CO)CCN(C(=O)Nc2c(C)cc(N(C)C)cc2C)CC1. The van der Waals surface area contributed by atoms with Crippen LogP contribution >= 0.6 is 0 Å². The zero-order valence-corrected chi connectivity index (χ0v) is 15.6. The first-order valence-electron chi connectivity index (χ1n) is 8.77. The number of nitrogens with one attached hydrogen (secondary N) is 1. The third-order valence-corrected chi connectivity index (χ3v) is 5.46. The Kier molecular flexibility index (Phi) is 5.75. The molecule has 0 bridgehead atoms. The molecule has 1 heterocycles. The molecule has 0 aliphatic carbocycles. The van der Waals surface area contributed by atoms with Gasteiger partial charge >= 0.3 is 6.03 Å². The molecule has 2 N–H and O–H groups in total.